The summed E-state index contributed by atoms with van der Waals surface area (Å²) in [7, 11) is 0. The number of aromatic nitrogens is 3. The Bertz CT molecular complexity index is 990. The number of hydrogen-bond donors (Lipinski definition) is 2. The summed E-state index contributed by atoms with van der Waals surface area (Å²) in [5, 5.41) is 14.7. The maximum absolute atomic E-state index is 12.4. The van der Waals surface area contributed by atoms with Gasteiger partial charge < -0.3 is 9.71 Å². The van der Waals surface area contributed by atoms with Crippen molar-refractivity contribution in [2.24, 2.45) is 0 Å². The Hall–Kier alpha value is -2.02. The Kier molecular flexibility index (Phi) is 5.27. The number of hydrogen-bond acceptors (Lipinski definition) is 4. The predicted octanol–water partition coefficient (Wildman–Crippen LogP) is 5.61. The van der Waals surface area contributed by atoms with Crippen LogP contribution in [0, 0.1) is 11.3 Å². The van der Waals surface area contributed by atoms with E-state index in [1.807, 2.05) is 6.07 Å². The molecule has 0 amide bonds. The zero-order valence-electron chi connectivity index (χ0n) is 12.9. The summed E-state index contributed by atoms with van der Waals surface area (Å²) in [4.78, 5) is 3.80. The standard InChI is InChI=1S/C15H10Cl2F3N5S/c16-9-2-1-8-12(7-22-14(8)13(9)17)26-24-10-6-23-25(11(10)5-21)4-3-15(18,19)20/h1-2,6-7,22,24H,3-4H2. The van der Waals surface area contributed by atoms with Gasteiger partial charge in [-0.05, 0) is 18.0 Å². The van der Waals surface area contributed by atoms with Crippen LogP contribution in [0.25, 0.3) is 10.9 Å². The number of alkyl halides is 3. The van der Waals surface area contributed by atoms with Crippen LogP contribution in [-0.4, -0.2) is 20.9 Å². The van der Waals surface area contributed by atoms with Gasteiger partial charge in [0.25, 0.3) is 0 Å². The number of nitrogens with one attached hydrogen (secondary N) is 2. The van der Waals surface area contributed by atoms with Crippen LogP contribution in [0.1, 0.15) is 12.1 Å². The first-order valence-corrected chi connectivity index (χ1v) is 8.78. The molecule has 2 N–H and O–H groups in total. The van der Waals surface area contributed by atoms with Gasteiger partial charge in [0.1, 0.15) is 11.8 Å². The molecule has 0 fully saturated rings. The lowest BCUT2D eigenvalue weighted by molar-refractivity contribution is -0.137. The van der Waals surface area contributed by atoms with Crippen molar-refractivity contribution >= 4 is 51.7 Å². The number of anilines is 1. The molecule has 0 spiro atoms. The molecule has 0 aliphatic carbocycles. The second-order valence-corrected chi connectivity index (χ2v) is 6.88. The van der Waals surface area contributed by atoms with Gasteiger partial charge in [0.05, 0.1) is 39.6 Å². The molecule has 136 valence electrons. The fourth-order valence-corrected chi connectivity index (χ4v) is 3.43. The fourth-order valence-electron chi connectivity index (χ4n) is 2.29. The van der Waals surface area contributed by atoms with Crippen molar-refractivity contribution in [3.05, 3.63) is 40.3 Å². The van der Waals surface area contributed by atoms with Gasteiger partial charge in [0.2, 0.25) is 0 Å². The minimum Gasteiger partial charge on any atom is -0.359 e. The van der Waals surface area contributed by atoms with Crippen molar-refractivity contribution in [3.63, 3.8) is 0 Å². The molecule has 0 saturated heterocycles. The van der Waals surface area contributed by atoms with Crippen LogP contribution in [0.5, 0.6) is 0 Å². The molecular formula is C15H10Cl2F3N5S. The van der Waals surface area contributed by atoms with Crippen LogP contribution in [0.2, 0.25) is 10.0 Å². The number of nitrogens with zero attached hydrogens (tertiary/aromatic N) is 3. The summed E-state index contributed by atoms with van der Waals surface area (Å²) in [6.07, 6.45) is -2.34. The summed E-state index contributed by atoms with van der Waals surface area (Å²) in [5.74, 6) is 0. The first-order chi connectivity index (χ1) is 12.3. The molecule has 3 rings (SSSR count). The highest BCUT2D eigenvalue weighted by atomic mass is 35.5. The number of nitriles is 1. The first kappa shape index (κ1) is 18.8. The van der Waals surface area contributed by atoms with Gasteiger partial charge in [-0.3, -0.25) is 4.68 Å². The second kappa shape index (κ2) is 7.31. The minimum atomic E-state index is -4.31. The number of benzene rings is 1. The quantitative estimate of drug-likeness (QED) is 0.526. The number of aromatic amines is 1. The van der Waals surface area contributed by atoms with Crippen molar-refractivity contribution in [2.75, 3.05) is 4.72 Å². The topological polar surface area (TPSA) is 69.4 Å². The lowest BCUT2D eigenvalue weighted by Gasteiger charge is -2.07. The molecule has 3 aromatic rings. The van der Waals surface area contributed by atoms with E-state index in [-0.39, 0.29) is 5.69 Å². The lowest BCUT2D eigenvalue weighted by Crippen LogP contribution is -2.14. The molecule has 0 saturated carbocycles. The molecule has 2 heterocycles. The molecule has 5 nitrogen and oxygen atoms in total. The van der Waals surface area contributed by atoms with E-state index in [1.165, 1.54) is 18.1 Å². The van der Waals surface area contributed by atoms with Crippen LogP contribution in [-0.2, 0) is 6.54 Å². The monoisotopic (exact) mass is 419 g/mol. The van der Waals surface area contributed by atoms with Crippen molar-refractivity contribution in [1.82, 2.24) is 14.8 Å². The number of H-pyrrole nitrogens is 1. The second-order valence-electron chi connectivity index (χ2n) is 5.25. The highest BCUT2D eigenvalue weighted by molar-refractivity contribution is 8.00. The zero-order valence-corrected chi connectivity index (χ0v) is 15.2. The van der Waals surface area contributed by atoms with E-state index in [0.29, 0.717) is 21.2 Å². The Labute approximate surface area is 160 Å². The van der Waals surface area contributed by atoms with Crippen LogP contribution in [0.15, 0.2) is 29.4 Å². The first-order valence-electron chi connectivity index (χ1n) is 7.21. The smallest absolute Gasteiger partial charge is 0.359 e. The zero-order chi connectivity index (χ0) is 18.9. The predicted molar refractivity (Wildman–Crippen MR) is 95.4 cm³/mol. The molecule has 0 unspecified atom stereocenters. The van der Waals surface area contributed by atoms with E-state index in [4.69, 9.17) is 23.2 Å². The average Bonchev–Trinajstić information content (AvgIpc) is 3.17. The summed E-state index contributed by atoms with van der Waals surface area (Å²) in [6, 6.07) is 5.34. The lowest BCUT2D eigenvalue weighted by atomic mass is 10.2. The minimum absolute atomic E-state index is 0.0302. The third-order valence-corrected chi connectivity index (χ3v) is 5.22. The van der Waals surface area contributed by atoms with Crippen molar-refractivity contribution in [1.29, 1.82) is 5.26 Å². The molecule has 0 bridgehead atoms. The van der Waals surface area contributed by atoms with Gasteiger partial charge in [-0.2, -0.15) is 23.5 Å². The van der Waals surface area contributed by atoms with Crippen LogP contribution < -0.4 is 4.72 Å². The highest BCUT2D eigenvalue weighted by Gasteiger charge is 2.27. The van der Waals surface area contributed by atoms with Gasteiger partial charge >= 0.3 is 6.18 Å². The van der Waals surface area contributed by atoms with E-state index in [0.717, 1.165) is 15.0 Å². The maximum atomic E-state index is 12.4. The van der Waals surface area contributed by atoms with Crippen LogP contribution in [0.3, 0.4) is 0 Å². The molecule has 26 heavy (non-hydrogen) atoms. The van der Waals surface area contributed by atoms with Gasteiger partial charge in [-0.15, -0.1) is 0 Å². The Morgan fingerprint density at radius 1 is 1.35 bits per heavy atom. The summed E-state index contributed by atoms with van der Waals surface area (Å²) < 4.78 is 41.1. The summed E-state index contributed by atoms with van der Waals surface area (Å²) in [6.45, 7) is -0.417. The van der Waals surface area contributed by atoms with Crippen LogP contribution in [0.4, 0.5) is 18.9 Å². The van der Waals surface area contributed by atoms with Crippen molar-refractivity contribution in [3.8, 4) is 6.07 Å². The van der Waals surface area contributed by atoms with Gasteiger partial charge in [0.15, 0.2) is 5.69 Å². The molecule has 2 aromatic heterocycles. The number of fused-ring (bicyclic) bond motifs is 1. The molecule has 0 radical (unpaired) electrons. The summed E-state index contributed by atoms with van der Waals surface area (Å²) >= 11 is 13.3. The third kappa shape index (κ3) is 3.87. The van der Waals surface area contributed by atoms with E-state index < -0.39 is 19.1 Å². The molecule has 0 aliphatic rings. The Morgan fingerprint density at radius 3 is 2.81 bits per heavy atom. The molecule has 11 heteroatoms. The van der Waals surface area contributed by atoms with Gasteiger partial charge in [0, 0.05) is 11.6 Å². The Balaban J connectivity index is 1.77. The van der Waals surface area contributed by atoms with E-state index in [2.05, 4.69) is 14.8 Å². The normalized spacial score (nSPS) is 11.7. The van der Waals surface area contributed by atoms with Crippen LogP contribution >= 0.6 is 35.1 Å². The summed E-state index contributed by atoms with van der Waals surface area (Å²) in [5.41, 5.74) is 1.03. The highest BCUT2D eigenvalue weighted by Crippen LogP contribution is 2.36. The number of aryl methyl sites for hydroxylation is 1. The molecule has 1 aromatic carbocycles. The molecule has 0 atom stereocenters. The largest absolute Gasteiger partial charge is 0.390 e. The van der Waals surface area contributed by atoms with E-state index in [1.54, 1.807) is 18.3 Å². The molecule has 0 aliphatic heterocycles. The third-order valence-electron chi connectivity index (χ3n) is 3.53. The van der Waals surface area contributed by atoms with E-state index >= 15 is 0 Å². The maximum Gasteiger partial charge on any atom is 0.390 e. The average molecular weight is 420 g/mol. The van der Waals surface area contributed by atoms with Gasteiger partial charge in [-0.25, -0.2) is 0 Å². The Morgan fingerprint density at radius 2 is 2.12 bits per heavy atom. The number of halogens is 5. The van der Waals surface area contributed by atoms with Crippen molar-refractivity contribution in [2.45, 2.75) is 24.0 Å². The molecular weight excluding hydrogens is 410 g/mol. The SMILES string of the molecule is N#Cc1c(NSc2c[nH]c3c(Cl)c(Cl)ccc23)cnn1CCC(F)(F)F. The van der Waals surface area contributed by atoms with Gasteiger partial charge in [-0.1, -0.05) is 29.3 Å². The van der Waals surface area contributed by atoms with E-state index in [9.17, 15) is 18.4 Å². The number of rotatable bonds is 5. The fraction of sp³-hybridized carbons (Fsp3) is 0.200. The van der Waals surface area contributed by atoms with Crippen molar-refractivity contribution < 1.29 is 13.2 Å².